The molecule has 6 heterocycles. The van der Waals surface area contributed by atoms with Crippen LogP contribution in [0.25, 0.3) is 21.3 Å². The van der Waals surface area contributed by atoms with Gasteiger partial charge in [-0.25, -0.2) is 4.98 Å². The molecule has 35 heavy (non-hydrogen) atoms. The first kappa shape index (κ1) is 20.9. The molecule has 4 aromatic rings. The fourth-order valence-electron chi connectivity index (χ4n) is 5.32. The number of likely N-dealkylation sites (tertiary alicyclic amines) is 1. The van der Waals surface area contributed by atoms with Gasteiger partial charge in [0.2, 0.25) is 5.91 Å². The van der Waals surface area contributed by atoms with Crippen LogP contribution in [0, 0.1) is 11.8 Å². The van der Waals surface area contributed by atoms with Gasteiger partial charge in [-0.05, 0) is 36.3 Å². The fourth-order valence-corrected chi connectivity index (χ4v) is 6.11. The van der Waals surface area contributed by atoms with Gasteiger partial charge in [0, 0.05) is 68.1 Å². The smallest absolute Gasteiger partial charge is 0.281 e. The van der Waals surface area contributed by atoms with Crippen LogP contribution in [-0.4, -0.2) is 58.5 Å². The van der Waals surface area contributed by atoms with E-state index in [0.29, 0.717) is 35.7 Å². The number of fused-ring (bicyclic) bond motifs is 3. The SMILES string of the molecule is O=C(C1CCOC1)N1CC2=CN(Cc3coc4cc(Oc5nc6ncccc6s5)ccc34)CC2C1. The van der Waals surface area contributed by atoms with Crippen molar-refractivity contribution in [1.29, 1.82) is 0 Å². The summed E-state index contributed by atoms with van der Waals surface area (Å²) in [5.74, 6) is 1.41. The van der Waals surface area contributed by atoms with Gasteiger partial charge < -0.3 is 23.7 Å². The number of thiazole rings is 1. The van der Waals surface area contributed by atoms with Crippen molar-refractivity contribution in [3.8, 4) is 10.9 Å². The minimum Gasteiger partial charge on any atom is -0.464 e. The Balaban J connectivity index is 1.03. The Morgan fingerprint density at radius 2 is 2.23 bits per heavy atom. The molecule has 0 N–H and O–H groups in total. The molecule has 1 amide bonds. The van der Waals surface area contributed by atoms with E-state index in [9.17, 15) is 4.79 Å². The third-order valence-electron chi connectivity index (χ3n) is 7.08. The number of carbonyl (C=O) groups excluding carboxylic acids is 1. The lowest BCUT2D eigenvalue weighted by atomic mass is 10.1. The molecule has 1 aromatic carbocycles. The quantitative estimate of drug-likeness (QED) is 0.411. The minimum atomic E-state index is 0.0445. The maximum absolute atomic E-state index is 12.7. The molecule has 3 aromatic heterocycles. The highest BCUT2D eigenvalue weighted by Crippen LogP contribution is 2.35. The molecule has 0 bridgehead atoms. The first-order valence-electron chi connectivity index (χ1n) is 11.9. The highest BCUT2D eigenvalue weighted by molar-refractivity contribution is 7.20. The molecule has 0 radical (unpaired) electrons. The van der Waals surface area contributed by atoms with E-state index in [-0.39, 0.29) is 11.8 Å². The maximum Gasteiger partial charge on any atom is 0.281 e. The third-order valence-corrected chi connectivity index (χ3v) is 7.97. The fraction of sp³-hybridized carbons (Fsp3) is 0.346. The van der Waals surface area contributed by atoms with Gasteiger partial charge in [-0.2, -0.15) is 4.98 Å². The average Bonchev–Trinajstić information content (AvgIpc) is 3.66. The van der Waals surface area contributed by atoms with Crippen LogP contribution in [0.4, 0.5) is 0 Å². The Labute approximate surface area is 205 Å². The Morgan fingerprint density at radius 1 is 1.26 bits per heavy atom. The van der Waals surface area contributed by atoms with Crippen molar-refractivity contribution in [2.45, 2.75) is 13.0 Å². The molecule has 0 spiro atoms. The molecule has 2 unspecified atom stereocenters. The van der Waals surface area contributed by atoms with Crippen molar-refractivity contribution in [2.24, 2.45) is 11.8 Å². The summed E-state index contributed by atoms with van der Waals surface area (Å²) in [7, 11) is 0. The molecule has 2 saturated heterocycles. The van der Waals surface area contributed by atoms with Gasteiger partial charge in [-0.15, -0.1) is 0 Å². The summed E-state index contributed by atoms with van der Waals surface area (Å²) in [5, 5.41) is 1.64. The number of rotatable bonds is 5. The largest absolute Gasteiger partial charge is 0.464 e. The number of furan rings is 1. The Kier molecular flexibility index (Phi) is 4.99. The second-order valence-electron chi connectivity index (χ2n) is 9.44. The van der Waals surface area contributed by atoms with E-state index in [1.54, 1.807) is 6.20 Å². The number of ether oxygens (including phenoxy) is 2. The molecule has 3 aliphatic heterocycles. The Hall–Kier alpha value is -3.43. The predicted molar refractivity (Wildman–Crippen MR) is 131 cm³/mol. The zero-order valence-electron chi connectivity index (χ0n) is 19.1. The van der Waals surface area contributed by atoms with Crippen molar-refractivity contribution < 1.29 is 18.7 Å². The third kappa shape index (κ3) is 3.84. The van der Waals surface area contributed by atoms with Gasteiger partial charge in [0.1, 0.15) is 11.3 Å². The highest BCUT2D eigenvalue weighted by Gasteiger charge is 2.38. The second kappa shape index (κ2) is 8.35. The summed E-state index contributed by atoms with van der Waals surface area (Å²) in [6, 6.07) is 9.78. The van der Waals surface area contributed by atoms with Crippen LogP contribution in [0.2, 0.25) is 0 Å². The molecule has 0 aliphatic carbocycles. The molecule has 7 rings (SSSR count). The zero-order valence-corrected chi connectivity index (χ0v) is 19.9. The molecule has 9 heteroatoms. The predicted octanol–water partition coefficient (Wildman–Crippen LogP) is 4.42. The highest BCUT2D eigenvalue weighted by atomic mass is 32.1. The number of aromatic nitrogens is 2. The van der Waals surface area contributed by atoms with Gasteiger partial charge in [0.25, 0.3) is 5.19 Å². The van der Waals surface area contributed by atoms with E-state index in [1.807, 2.05) is 41.5 Å². The van der Waals surface area contributed by atoms with Crippen LogP contribution in [-0.2, 0) is 16.1 Å². The molecule has 0 saturated carbocycles. The number of hydrogen-bond donors (Lipinski definition) is 0. The van der Waals surface area contributed by atoms with Gasteiger partial charge in [0.15, 0.2) is 5.65 Å². The van der Waals surface area contributed by atoms with E-state index in [2.05, 4.69) is 21.1 Å². The Morgan fingerprint density at radius 3 is 3.09 bits per heavy atom. The monoisotopic (exact) mass is 488 g/mol. The van der Waals surface area contributed by atoms with E-state index in [1.165, 1.54) is 16.9 Å². The first-order valence-corrected chi connectivity index (χ1v) is 12.7. The van der Waals surface area contributed by atoms with E-state index in [4.69, 9.17) is 13.9 Å². The van der Waals surface area contributed by atoms with Crippen LogP contribution < -0.4 is 4.74 Å². The molecule has 8 nitrogen and oxygen atoms in total. The lowest BCUT2D eigenvalue weighted by Gasteiger charge is -2.22. The number of benzene rings is 1. The number of nitrogens with zero attached hydrogens (tertiary/aromatic N) is 4. The number of pyridine rings is 1. The van der Waals surface area contributed by atoms with Gasteiger partial charge in [0.05, 0.1) is 23.5 Å². The van der Waals surface area contributed by atoms with E-state index >= 15 is 0 Å². The van der Waals surface area contributed by atoms with Crippen molar-refractivity contribution in [3.63, 3.8) is 0 Å². The number of hydrogen-bond acceptors (Lipinski definition) is 8. The molecule has 2 atom stereocenters. The topological polar surface area (TPSA) is 80.9 Å². The van der Waals surface area contributed by atoms with Crippen LogP contribution >= 0.6 is 11.3 Å². The van der Waals surface area contributed by atoms with E-state index < -0.39 is 0 Å². The van der Waals surface area contributed by atoms with Crippen LogP contribution in [0.5, 0.6) is 10.9 Å². The molecular weight excluding hydrogens is 464 g/mol. The zero-order chi connectivity index (χ0) is 23.4. The standard InChI is InChI=1S/C26H24N4O4S/c31-25(16-5-7-32-14-16)30-12-17-9-29(10-18(17)13-30)11-19-15-33-22-8-20(3-4-21(19)22)34-26-28-24-23(35-26)2-1-6-27-24/h1-4,6,8-9,15-16,18H,5,7,10-14H2. The van der Waals surface area contributed by atoms with Crippen molar-refractivity contribution >= 4 is 38.6 Å². The molecule has 3 aliphatic rings. The summed E-state index contributed by atoms with van der Waals surface area (Å²) in [5.41, 5.74) is 3.98. The maximum atomic E-state index is 12.7. The number of carbonyl (C=O) groups is 1. The summed E-state index contributed by atoms with van der Waals surface area (Å²) < 4.78 is 18.2. The van der Waals surface area contributed by atoms with Gasteiger partial charge >= 0.3 is 0 Å². The normalized spacial score (nSPS) is 21.8. The van der Waals surface area contributed by atoms with Gasteiger partial charge in [-0.1, -0.05) is 11.3 Å². The lowest BCUT2D eigenvalue weighted by Crippen LogP contribution is -2.36. The molecular formula is C26H24N4O4S. The van der Waals surface area contributed by atoms with Crippen LogP contribution in [0.15, 0.2) is 59.0 Å². The van der Waals surface area contributed by atoms with Gasteiger partial charge in [-0.3, -0.25) is 4.79 Å². The molecule has 178 valence electrons. The summed E-state index contributed by atoms with van der Waals surface area (Å²) in [6.45, 7) is 4.54. The van der Waals surface area contributed by atoms with E-state index in [0.717, 1.165) is 53.8 Å². The minimum absolute atomic E-state index is 0.0445. The first-order chi connectivity index (χ1) is 17.2. The molecule has 2 fully saturated rings. The van der Waals surface area contributed by atoms with Crippen molar-refractivity contribution in [1.82, 2.24) is 19.8 Å². The summed E-state index contributed by atoms with van der Waals surface area (Å²) in [4.78, 5) is 25.8. The Bertz CT molecular complexity index is 1420. The lowest BCUT2D eigenvalue weighted by molar-refractivity contribution is -0.134. The van der Waals surface area contributed by atoms with Crippen LogP contribution in [0.1, 0.15) is 12.0 Å². The summed E-state index contributed by atoms with van der Waals surface area (Å²) >= 11 is 1.47. The summed E-state index contributed by atoms with van der Waals surface area (Å²) in [6.07, 6.45) is 6.65. The number of amides is 1. The second-order valence-corrected chi connectivity index (χ2v) is 10.4. The van der Waals surface area contributed by atoms with Crippen molar-refractivity contribution in [3.05, 3.63) is 60.1 Å². The van der Waals surface area contributed by atoms with Crippen LogP contribution in [0.3, 0.4) is 0 Å². The average molecular weight is 489 g/mol. The van der Waals surface area contributed by atoms with Crippen molar-refractivity contribution in [2.75, 3.05) is 32.8 Å².